The number of thiazole rings is 1. The number of fused-ring (bicyclic) bond motifs is 2. The average Bonchev–Trinajstić information content (AvgIpc) is 3.15. The zero-order valence-corrected chi connectivity index (χ0v) is 18.1. The Bertz CT molecular complexity index is 1280. The van der Waals surface area contributed by atoms with Crippen molar-refractivity contribution >= 4 is 43.6 Å². The molecule has 30 heavy (non-hydrogen) atoms. The highest BCUT2D eigenvalue weighted by Crippen LogP contribution is 2.30. The molecule has 0 radical (unpaired) electrons. The van der Waals surface area contributed by atoms with Crippen LogP contribution >= 0.6 is 11.3 Å². The molecule has 4 rings (SSSR count). The Hall–Kier alpha value is -3.03. The number of likely N-dealkylation sites (N-methyl/N-ethyl adjacent to an activating group) is 1. The predicted octanol–water partition coefficient (Wildman–Crippen LogP) is 2.76. The molecule has 0 aliphatic rings. The molecule has 0 atom stereocenters. The van der Waals surface area contributed by atoms with E-state index in [1.165, 1.54) is 21.8 Å². The van der Waals surface area contributed by atoms with Crippen molar-refractivity contribution in [3.05, 3.63) is 70.1 Å². The van der Waals surface area contributed by atoms with Crippen LogP contribution in [0.25, 0.3) is 21.2 Å². The van der Waals surface area contributed by atoms with Gasteiger partial charge in [0, 0.05) is 5.39 Å². The van der Waals surface area contributed by atoms with Crippen molar-refractivity contribution in [1.82, 2.24) is 4.98 Å². The van der Waals surface area contributed by atoms with Gasteiger partial charge >= 0.3 is 5.63 Å². The topological polar surface area (TPSA) is 67.8 Å². The predicted molar refractivity (Wildman–Crippen MR) is 121 cm³/mol. The normalized spacial score (nSPS) is 11.5. The molecule has 1 amide bonds. The molecule has 0 saturated heterocycles. The third-order valence-corrected chi connectivity index (χ3v) is 6.07. The number of hydrogen-bond acceptors (Lipinski definition) is 5. The van der Waals surface area contributed by atoms with E-state index in [9.17, 15) is 9.59 Å². The standard InChI is InChI=1S/C23H23N3O3S/c1-4-15-9-10-18-20(13-15)30-23(24-18)26(12-11-25(2)3)21(27)17-14-16-7-5-6-8-19(16)29-22(17)28/h5-10,13-14H,4,11-12H2,1-3H3/p+1. The van der Waals surface area contributed by atoms with Gasteiger partial charge in [-0.25, -0.2) is 9.78 Å². The molecular formula is C23H24N3O3S+. The lowest BCUT2D eigenvalue weighted by molar-refractivity contribution is -0.856. The van der Waals surface area contributed by atoms with Crippen LogP contribution in [0, 0.1) is 0 Å². The van der Waals surface area contributed by atoms with Crippen molar-refractivity contribution < 1.29 is 14.1 Å². The van der Waals surface area contributed by atoms with Crippen LogP contribution in [0.15, 0.2) is 57.7 Å². The van der Waals surface area contributed by atoms with E-state index in [1.54, 1.807) is 23.1 Å². The van der Waals surface area contributed by atoms with E-state index in [0.717, 1.165) is 28.6 Å². The van der Waals surface area contributed by atoms with E-state index in [4.69, 9.17) is 4.42 Å². The summed E-state index contributed by atoms with van der Waals surface area (Å²) in [5.74, 6) is -0.384. The molecule has 2 heterocycles. The number of carbonyl (C=O) groups is 1. The van der Waals surface area contributed by atoms with Gasteiger partial charge in [0.2, 0.25) is 0 Å². The number of nitrogens with one attached hydrogen (secondary N) is 1. The minimum Gasteiger partial charge on any atom is -0.422 e. The zero-order chi connectivity index (χ0) is 21.3. The number of hydrogen-bond donors (Lipinski definition) is 1. The van der Waals surface area contributed by atoms with Crippen LogP contribution in [0.5, 0.6) is 0 Å². The summed E-state index contributed by atoms with van der Waals surface area (Å²) in [6.07, 6.45) is 0.938. The maximum atomic E-state index is 13.4. The van der Waals surface area contributed by atoms with Gasteiger partial charge in [-0.1, -0.05) is 42.5 Å². The fraction of sp³-hybridized carbons (Fsp3) is 0.261. The molecule has 1 N–H and O–H groups in total. The highest BCUT2D eigenvalue weighted by molar-refractivity contribution is 7.22. The largest absolute Gasteiger partial charge is 0.422 e. The first-order valence-corrected chi connectivity index (χ1v) is 10.8. The molecule has 7 heteroatoms. The second-order valence-corrected chi connectivity index (χ2v) is 8.56. The number of anilines is 1. The van der Waals surface area contributed by atoms with Crippen LogP contribution in [-0.4, -0.2) is 38.1 Å². The van der Waals surface area contributed by atoms with Crippen LogP contribution < -0.4 is 15.4 Å². The summed E-state index contributed by atoms with van der Waals surface area (Å²) in [6.45, 7) is 3.28. The Morgan fingerprint density at radius 1 is 1.17 bits per heavy atom. The van der Waals surface area contributed by atoms with Gasteiger partial charge in [0.25, 0.3) is 5.91 Å². The van der Waals surface area contributed by atoms with Gasteiger partial charge in [0.05, 0.1) is 37.4 Å². The van der Waals surface area contributed by atoms with E-state index < -0.39 is 5.63 Å². The van der Waals surface area contributed by atoms with Crippen LogP contribution in [0.1, 0.15) is 22.8 Å². The van der Waals surface area contributed by atoms with Crippen molar-refractivity contribution in [2.24, 2.45) is 0 Å². The number of rotatable bonds is 6. The molecule has 4 aromatic rings. The van der Waals surface area contributed by atoms with Gasteiger partial charge in [0.15, 0.2) is 5.13 Å². The minimum absolute atomic E-state index is 0.0240. The number of nitrogens with zero attached hydrogens (tertiary/aromatic N) is 2. The van der Waals surface area contributed by atoms with Gasteiger partial charge in [-0.2, -0.15) is 0 Å². The summed E-state index contributed by atoms with van der Waals surface area (Å²) in [5, 5.41) is 1.31. The van der Waals surface area contributed by atoms with Gasteiger partial charge < -0.3 is 9.32 Å². The number of aromatic nitrogens is 1. The monoisotopic (exact) mass is 422 g/mol. The van der Waals surface area contributed by atoms with E-state index in [0.29, 0.717) is 17.3 Å². The molecule has 0 fully saturated rings. The summed E-state index contributed by atoms with van der Waals surface area (Å²) in [7, 11) is 4.05. The van der Waals surface area contributed by atoms with E-state index in [2.05, 4.69) is 24.0 Å². The lowest BCUT2D eigenvalue weighted by atomic mass is 10.1. The summed E-state index contributed by atoms with van der Waals surface area (Å²) in [6, 6.07) is 15.0. The van der Waals surface area contributed by atoms with Crippen LogP contribution in [0.3, 0.4) is 0 Å². The van der Waals surface area contributed by atoms with Gasteiger partial charge in [0.1, 0.15) is 11.1 Å². The van der Waals surface area contributed by atoms with Crippen molar-refractivity contribution in [3.8, 4) is 0 Å². The van der Waals surface area contributed by atoms with Crippen LogP contribution in [0.2, 0.25) is 0 Å². The fourth-order valence-corrected chi connectivity index (χ4v) is 4.32. The van der Waals surface area contributed by atoms with Crippen molar-refractivity contribution in [2.45, 2.75) is 13.3 Å². The van der Waals surface area contributed by atoms with E-state index in [-0.39, 0.29) is 11.5 Å². The molecule has 2 aromatic carbocycles. The Kier molecular flexibility index (Phi) is 5.65. The first-order chi connectivity index (χ1) is 14.5. The van der Waals surface area contributed by atoms with Crippen molar-refractivity contribution in [2.75, 3.05) is 32.1 Å². The highest BCUT2D eigenvalue weighted by Gasteiger charge is 2.25. The second kappa shape index (κ2) is 8.38. The van der Waals surface area contributed by atoms with Gasteiger partial charge in [-0.05, 0) is 36.2 Å². The number of amides is 1. The SMILES string of the molecule is CCc1ccc2nc(N(CC[NH+](C)C)C(=O)c3cc4ccccc4oc3=O)sc2c1. The fourth-order valence-electron chi connectivity index (χ4n) is 3.27. The van der Waals surface area contributed by atoms with Crippen LogP contribution in [0.4, 0.5) is 5.13 Å². The summed E-state index contributed by atoms with van der Waals surface area (Å²) < 4.78 is 6.42. The quantitative estimate of drug-likeness (QED) is 0.485. The van der Waals surface area contributed by atoms with Crippen molar-refractivity contribution in [3.63, 3.8) is 0 Å². The van der Waals surface area contributed by atoms with Crippen molar-refractivity contribution in [1.29, 1.82) is 0 Å². The summed E-state index contributed by atoms with van der Waals surface area (Å²) in [4.78, 5) is 33.5. The minimum atomic E-state index is -0.629. The first kappa shape index (κ1) is 20.3. The molecule has 0 saturated carbocycles. The van der Waals surface area contributed by atoms with Gasteiger partial charge in [-0.15, -0.1) is 0 Å². The maximum absolute atomic E-state index is 13.4. The Labute approximate surface area is 178 Å². The number of quaternary nitrogens is 1. The van der Waals surface area contributed by atoms with Crippen LogP contribution in [-0.2, 0) is 6.42 Å². The summed E-state index contributed by atoms with van der Waals surface area (Å²) >= 11 is 1.47. The first-order valence-electron chi connectivity index (χ1n) is 9.99. The van der Waals surface area contributed by atoms with E-state index in [1.807, 2.05) is 32.3 Å². The Morgan fingerprint density at radius 2 is 1.97 bits per heavy atom. The van der Waals surface area contributed by atoms with E-state index >= 15 is 0 Å². The molecule has 0 bridgehead atoms. The molecular weight excluding hydrogens is 398 g/mol. The molecule has 154 valence electrons. The highest BCUT2D eigenvalue weighted by atomic mass is 32.1. The number of para-hydroxylation sites is 1. The number of aryl methyl sites for hydroxylation is 1. The lowest BCUT2D eigenvalue weighted by Crippen LogP contribution is -3.06. The molecule has 0 spiro atoms. The zero-order valence-electron chi connectivity index (χ0n) is 17.3. The number of benzene rings is 2. The van der Waals surface area contributed by atoms with Gasteiger partial charge in [-0.3, -0.25) is 9.69 Å². The molecule has 0 aliphatic carbocycles. The lowest BCUT2D eigenvalue weighted by Gasteiger charge is -2.20. The Balaban J connectivity index is 1.78. The maximum Gasteiger partial charge on any atom is 0.349 e. The third-order valence-electron chi connectivity index (χ3n) is 5.03. The molecule has 6 nitrogen and oxygen atoms in total. The third kappa shape index (κ3) is 3.99. The molecule has 2 aromatic heterocycles. The average molecular weight is 423 g/mol. The Morgan fingerprint density at radius 3 is 2.73 bits per heavy atom. The molecule has 0 aliphatic heterocycles. The smallest absolute Gasteiger partial charge is 0.349 e. The number of carbonyl (C=O) groups excluding carboxylic acids is 1. The second-order valence-electron chi connectivity index (χ2n) is 7.55. The molecule has 0 unspecified atom stereocenters. The summed E-state index contributed by atoms with van der Waals surface area (Å²) in [5.41, 5.74) is 1.94.